The van der Waals surface area contributed by atoms with Crippen LogP contribution < -0.4 is 10.5 Å². The van der Waals surface area contributed by atoms with E-state index in [1.54, 1.807) is 36.1 Å². The van der Waals surface area contributed by atoms with Crippen molar-refractivity contribution in [3.05, 3.63) is 65.2 Å². The minimum atomic E-state index is -0.608. The van der Waals surface area contributed by atoms with Gasteiger partial charge in [0.1, 0.15) is 5.75 Å². The molecule has 0 saturated heterocycles. The maximum Gasteiger partial charge on any atom is 0.263 e. The van der Waals surface area contributed by atoms with Gasteiger partial charge in [-0.05, 0) is 30.7 Å². The standard InChI is InChI=1S/C18H21ClN2O2.ClH/c1-14(23-17-9-5-8-16(19)12-17)18(22)21(11-10-20)13-15-6-3-2-4-7-15;/h2-9,12,14H,10-11,13,20H2,1H3;1H. The highest BCUT2D eigenvalue weighted by Crippen LogP contribution is 2.19. The van der Waals surface area contributed by atoms with Crippen LogP contribution in [-0.4, -0.2) is 30.0 Å². The molecule has 0 fully saturated rings. The van der Waals surface area contributed by atoms with Crippen LogP contribution in [0.3, 0.4) is 0 Å². The predicted octanol–water partition coefficient (Wildman–Crippen LogP) is 3.52. The van der Waals surface area contributed by atoms with Crippen LogP contribution in [-0.2, 0) is 11.3 Å². The maximum atomic E-state index is 12.6. The van der Waals surface area contributed by atoms with Crippen molar-refractivity contribution < 1.29 is 9.53 Å². The third kappa shape index (κ3) is 6.04. The third-order valence-electron chi connectivity index (χ3n) is 3.38. The van der Waals surface area contributed by atoms with Crippen LogP contribution in [0.1, 0.15) is 12.5 Å². The second-order valence-corrected chi connectivity index (χ2v) is 5.69. The molecule has 2 rings (SSSR count). The molecule has 1 amide bonds. The van der Waals surface area contributed by atoms with E-state index in [1.807, 2.05) is 30.3 Å². The smallest absolute Gasteiger partial charge is 0.263 e. The first-order valence-corrected chi connectivity index (χ1v) is 7.93. The SMILES string of the molecule is CC(Oc1cccc(Cl)c1)C(=O)N(CCN)Cc1ccccc1.Cl. The van der Waals surface area contributed by atoms with Gasteiger partial charge >= 0.3 is 0 Å². The number of carbonyl (C=O) groups is 1. The van der Waals surface area contributed by atoms with Crippen LogP contribution in [0.5, 0.6) is 5.75 Å². The van der Waals surface area contributed by atoms with E-state index < -0.39 is 6.10 Å². The zero-order valence-electron chi connectivity index (χ0n) is 13.5. The Labute approximate surface area is 154 Å². The van der Waals surface area contributed by atoms with Crippen LogP contribution in [0, 0.1) is 0 Å². The second-order valence-electron chi connectivity index (χ2n) is 5.25. The molecule has 0 aliphatic heterocycles. The maximum absolute atomic E-state index is 12.6. The Hall–Kier alpha value is -1.75. The minimum absolute atomic E-state index is 0. The van der Waals surface area contributed by atoms with Crippen molar-refractivity contribution >= 4 is 29.9 Å². The molecule has 2 aromatic carbocycles. The Morgan fingerprint density at radius 1 is 1.21 bits per heavy atom. The number of hydrogen-bond acceptors (Lipinski definition) is 3. The molecule has 0 saturated carbocycles. The molecule has 6 heteroatoms. The normalized spacial score (nSPS) is 11.3. The third-order valence-corrected chi connectivity index (χ3v) is 3.62. The first-order chi connectivity index (χ1) is 11.1. The van der Waals surface area contributed by atoms with E-state index in [2.05, 4.69) is 0 Å². The number of rotatable bonds is 7. The van der Waals surface area contributed by atoms with Gasteiger partial charge in [-0.2, -0.15) is 0 Å². The summed E-state index contributed by atoms with van der Waals surface area (Å²) in [6.45, 7) is 3.14. The van der Waals surface area contributed by atoms with Gasteiger partial charge in [0.15, 0.2) is 6.10 Å². The summed E-state index contributed by atoms with van der Waals surface area (Å²) in [5.74, 6) is 0.477. The lowest BCUT2D eigenvalue weighted by Crippen LogP contribution is -2.42. The van der Waals surface area contributed by atoms with Gasteiger partial charge in [-0.15, -0.1) is 12.4 Å². The van der Waals surface area contributed by atoms with Crippen molar-refractivity contribution in [3.8, 4) is 5.75 Å². The summed E-state index contributed by atoms with van der Waals surface area (Å²) in [5, 5.41) is 0.574. The summed E-state index contributed by atoms with van der Waals surface area (Å²) in [4.78, 5) is 14.4. The van der Waals surface area contributed by atoms with Gasteiger partial charge in [0.05, 0.1) is 0 Å². The van der Waals surface area contributed by atoms with Crippen molar-refractivity contribution in [2.75, 3.05) is 13.1 Å². The summed E-state index contributed by atoms with van der Waals surface area (Å²) in [5.41, 5.74) is 6.70. The predicted molar refractivity (Wildman–Crippen MR) is 99.7 cm³/mol. The summed E-state index contributed by atoms with van der Waals surface area (Å²) < 4.78 is 5.71. The van der Waals surface area contributed by atoms with E-state index in [4.69, 9.17) is 22.1 Å². The fraction of sp³-hybridized carbons (Fsp3) is 0.278. The lowest BCUT2D eigenvalue weighted by molar-refractivity contribution is -0.138. The number of carbonyl (C=O) groups excluding carboxylic acids is 1. The van der Waals surface area contributed by atoms with Gasteiger partial charge in [-0.1, -0.05) is 48.0 Å². The van der Waals surface area contributed by atoms with Crippen LogP contribution in [0.4, 0.5) is 0 Å². The lowest BCUT2D eigenvalue weighted by Gasteiger charge is -2.26. The number of nitrogens with zero attached hydrogens (tertiary/aromatic N) is 1. The molecule has 0 aromatic heterocycles. The Morgan fingerprint density at radius 2 is 1.92 bits per heavy atom. The van der Waals surface area contributed by atoms with E-state index in [1.165, 1.54) is 0 Å². The molecule has 2 aromatic rings. The summed E-state index contributed by atoms with van der Waals surface area (Å²) in [6, 6.07) is 16.8. The van der Waals surface area contributed by atoms with Crippen molar-refractivity contribution in [1.29, 1.82) is 0 Å². The summed E-state index contributed by atoms with van der Waals surface area (Å²) >= 11 is 5.94. The molecule has 1 atom stereocenters. The highest BCUT2D eigenvalue weighted by Gasteiger charge is 2.22. The molecule has 0 spiro atoms. The van der Waals surface area contributed by atoms with E-state index in [0.717, 1.165) is 5.56 Å². The lowest BCUT2D eigenvalue weighted by atomic mass is 10.2. The molecule has 2 N–H and O–H groups in total. The summed E-state index contributed by atoms with van der Waals surface area (Å²) in [7, 11) is 0. The topological polar surface area (TPSA) is 55.6 Å². The largest absolute Gasteiger partial charge is 0.481 e. The van der Waals surface area contributed by atoms with E-state index >= 15 is 0 Å². The van der Waals surface area contributed by atoms with Gasteiger partial charge in [0.25, 0.3) is 5.91 Å². The molecular formula is C18H22Cl2N2O2. The number of amides is 1. The first-order valence-electron chi connectivity index (χ1n) is 7.55. The van der Waals surface area contributed by atoms with Gasteiger partial charge in [0, 0.05) is 24.7 Å². The average Bonchev–Trinajstić information content (AvgIpc) is 2.55. The number of nitrogens with two attached hydrogens (primary N) is 1. The van der Waals surface area contributed by atoms with Gasteiger partial charge < -0.3 is 15.4 Å². The van der Waals surface area contributed by atoms with Crippen LogP contribution in [0.25, 0.3) is 0 Å². The molecule has 0 heterocycles. The van der Waals surface area contributed by atoms with E-state index in [0.29, 0.717) is 30.4 Å². The van der Waals surface area contributed by atoms with Gasteiger partial charge in [-0.3, -0.25) is 4.79 Å². The average molecular weight is 369 g/mol. The monoisotopic (exact) mass is 368 g/mol. The van der Waals surface area contributed by atoms with E-state index in [-0.39, 0.29) is 18.3 Å². The molecule has 24 heavy (non-hydrogen) atoms. The van der Waals surface area contributed by atoms with Crippen LogP contribution >= 0.6 is 24.0 Å². The molecule has 0 bridgehead atoms. The Balaban J connectivity index is 0.00000288. The van der Waals surface area contributed by atoms with Crippen molar-refractivity contribution in [2.45, 2.75) is 19.6 Å². The number of benzene rings is 2. The van der Waals surface area contributed by atoms with E-state index in [9.17, 15) is 4.79 Å². The van der Waals surface area contributed by atoms with Crippen molar-refractivity contribution in [3.63, 3.8) is 0 Å². The van der Waals surface area contributed by atoms with Gasteiger partial charge in [-0.25, -0.2) is 0 Å². The molecule has 0 aliphatic rings. The molecule has 4 nitrogen and oxygen atoms in total. The zero-order chi connectivity index (χ0) is 16.7. The molecule has 0 aliphatic carbocycles. The number of ether oxygens (including phenoxy) is 1. The zero-order valence-corrected chi connectivity index (χ0v) is 15.1. The van der Waals surface area contributed by atoms with Gasteiger partial charge in [0.2, 0.25) is 0 Å². The quantitative estimate of drug-likeness (QED) is 0.813. The highest BCUT2D eigenvalue weighted by molar-refractivity contribution is 6.30. The second kappa shape index (κ2) is 10.2. The molecule has 130 valence electrons. The van der Waals surface area contributed by atoms with Crippen molar-refractivity contribution in [2.24, 2.45) is 5.73 Å². The Bertz CT molecular complexity index is 638. The van der Waals surface area contributed by atoms with Crippen LogP contribution in [0.2, 0.25) is 5.02 Å². The first kappa shape index (κ1) is 20.3. The highest BCUT2D eigenvalue weighted by atomic mass is 35.5. The molecule has 0 radical (unpaired) electrons. The number of hydrogen-bond donors (Lipinski definition) is 1. The fourth-order valence-corrected chi connectivity index (χ4v) is 2.46. The van der Waals surface area contributed by atoms with Crippen LogP contribution in [0.15, 0.2) is 54.6 Å². The Morgan fingerprint density at radius 3 is 2.54 bits per heavy atom. The summed E-state index contributed by atoms with van der Waals surface area (Å²) in [6.07, 6.45) is -0.608. The molecule has 1 unspecified atom stereocenters. The van der Waals surface area contributed by atoms with Crippen molar-refractivity contribution in [1.82, 2.24) is 4.90 Å². The Kier molecular flexibility index (Phi) is 8.61. The number of halogens is 2. The fourth-order valence-electron chi connectivity index (χ4n) is 2.28. The minimum Gasteiger partial charge on any atom is -0.481 e. The molecular weight excluding hydrogens is 347 g/mol.